The van der Waals surface area contributed by atoms with Crippen molar-refractivity contribution in [1.82, 2.24) is 5.32 Å². The monoisotopic (exact) mass is 443 g/mol. The Labute approximate surface area is 166 Å². The standard InChI is InChI=1S/C17H24F3NO7S/c1-4-16(2,3)14(22)26-6-5-21-15(23)27-11-8-7-9-12(11)28-29(24,25)13(9)10(8)17(18,19)20/h8-13H,4-7H2,1-3H3,(H,21,23). The van der Waals surface area contributed by atoms with Crippen LogP contribution in [0.3, 0.4) is 0 Å². The molecule has 2 saturated carbocycles. The number of nitrogens with one attached hydrogen (secondary N) is 1. The van der Waals surface area contributed by atoms with Crippen LogP contribution in [0.15, 0.2) is 0 Å². The SMILES string of the molecule is CCC(C)(C)C(=O)OCCNC(=O)OC1C2CC3C1OS(=O)(=O)C3C2C(F)(F)F. The van der Waals surface area contributed by atoms with Crippen LogP contribution in [0.2, 0.25) is 0 Å². The van der Waals surface area contributed by atoms with Crippen molar-refractivity contribution in [2.75, 3.05) is 13.2 Å². The Bertz CT molecular complexity index is 782. The molecule has 1 aliphatic heterocycles. The minimum absolute atomic E-state index is 0.0274. The summed E-state index contributed by atoms with van der Waals surface area (Å²) >= 11 is 0. The maximum Gasteiger partial charge on any atom is 0.407 e. The Morgan fingerprint density at radius 1 is 1.21 bits per heavy atom. The number of ether oxygens (including phenoxy) is 2. The molecule has 0 aromatic rings. The molecule has 0 radical (unpaired) electrons. The molecule has 3 aliphatic rings. The van der Waals surface area contributed by atoms with Crippen LogP contribution in [0, 0.1) is 23.2 Å². The number of amides is 1. The van der Waals surface area contributed by atoms with Gasteiger partial charge in [-0.2, -0.15) is 21.6 Å². The lowest BCUT2D eigenvalue weighted by Gasteiger charge is -2.32. The number of halogens is 3. The smallest absolute Gasteiger partial charge is 0.407 e. The fourth-order valence-corrected chi connectivity index (χ4v) is 6.48. The zero-order chi connectivity index (χ0) is 21.8. The molecule has 2 bridgehead atoms. The summed E-state index contributed by atoms with van der Waals surface area (Å²) in [6, 6.07) is 0. The summed E-state index contributed by atoms with van der Waals surface area (Å²) in [6.45, 7) is 5.03. The topological polar surface area (TPSA) is 108 Å². The number of fused-ring (bicyclic) bond motifs is 1. The quantitative estimate of drug-likeness (QED) is 0.380. The van der Waals surface area contributed by atoms with Crippen molar-refractivity contribution in [2.24, 2.45) is 23.2 Å². The van der Waals surface area contributed by atoms with Crippen LogP contribution in [0.4, 0.5) is 18.0 Å². The number of carbonyl (C=O) groups excluding carboxylic acids is 2. The maximum absolute atomic E-state index is 13.5. The van der Waals surface area contributed by atoms with Gasteiger partial charge in [0, 0.05) is 11.8 Å². The number of alkyl halides is 3. The molecular formula is C17H24F3NO7S. The normalized spacial score (nSPS) is 34.8. The van der Waals surface area contributed by atoms with E-state index in [9.17, 15) is 31.2 Å². The van der Waals surface area contributed by atoms with Crippen LogP contribution < -0.4 is 5.32 Å². The molecule has 8 nitrogen and oxygen atoms in total. The predicted molar refractivity (Wildman–Crippen MR) is 92.0 cm³/mol. The summed E-state index contributed by atoms with van der Waals surface area (Å²) in [5, 5.41) is 0.665. The van der Waals surface area contributed by atoms with Crippen LogP contribution in [0.1, 0.15) is 33.6 Å². The first-order valence-electron chi connectivity index (χ1n) is 9.40. The van der Waals surface area contributed by atoms with Crippen molar-refractivity contribution < 1.29 is 44.8 Å². The highest BCUT2D eigenvalue weighted by molar-refractivity contribution is 7.87. The summed E-state index contributed by atoms with van der Waals surface area (Å²) in [7, 11) is -4.37. The van der Waals surface area contributed by atoms with E-state index in [-0.39, 0.29) is 19.6 Å². The van der Waals surface area contributed by atoms with E-state index in [2.05, 4.69) is 5.32 Å². The van der Waals surface area contributed by atoms with E-state index in [1.165, 1.54) is 0 Å². The Kier molecular flexibility index (Phi) is 5.57. The lowest BCUT2D eigenvalue weighted by molar-refractivity contribution is -0.196. The second kappa shape index (κ2) is 7.29. The molecule has 6 atom stereocenters. The molecule has 12 heteroatoms. The Hall–Kier alpha value is -1.56. The molecule has 1 amide bonds. The average Bonchev–Trinajstić information content (AvgIpc) is 3.20. The van der Waals surface area contributed by atoms with Gasteiger partial charge in [0.2, 0.25) is 0 Å². The number of hydrogen-bond donors (Lipinski definition) is 1. The van der Waals surface area contributed by atoms with Gasteiger partial charge in [-0.15, -0.1) is 0 Å². The summed E-state index contributed by atoms with van der Waals surface area (Å²) in [5.74, 6) is -4.56. The lowest BCUT2D eigenvalue weighted by atomic mass is 9.84. The lowest BCUT2D eigenvalue weighted by Crippen LogP contribution is -2.49. The number of hydrogen-bond acceptors (Lipinski definition) is 7. The van der Waals surface area contributed by atoms with Crippen LogP contribution >= 0.6 is 0 Å². The van der Waals surface area contributed by atoms with E-state index < -0.39 is 69.0 Å². The molecule has 0 aromatic heterocycles. The van der Waals surface area contributed by atoms with E-state index >= 15 is 0 Å². The van der Waals surface area contributed by atoms with Gasteiger partial charge in [0.15, 0.2) is 0 Å². The first kappa shape index (κ1) is 22.1. The Morgan fingerprint density at radius 2 is 1.86 bits per heavy atom. The largest absolute Gasteiger partial charge is 0.463 e. The second-order valence-electron chi connectivity index (χ2n) is 8.32. The van der Waals surface area contributed by atoms with Gasteiger partial charge in [0.05, 0.1) is 17.9 Å². The van der Waals surface area contributed by atoms with E-state index in [1.54, 1.807) is 13.8 Å². The highest BCUT2D eigenvalue weighted by Gasteiger charge is 2.75. The zero-order valence-corrected chi connectivity index (χ0v) is 17.0. The summed E-state index contributed by atoms with van der Waals surface area (Å²) < 4.78 is 79.4. The molecular weight excluding hydrogens is 419 g/mol. The van der Waals surface area contributed by atoms with Crippen molar-refractivity contribution >= 4 is 22.2 Å². The fourth-order valence-electron chi connectivity index (χ4n) is 4.38. The maximum atomic E-state index is 13.5. The minimum Gasteiger partial charge on any atom is -0.463 e. The fraction of sp³-hybridized carbons (Fsp3) is 0.882. The molecule has 6 unspecified atom stereocenters. The van der Waals surface area contributed by atoms with E-state index in [1.807, 2.05) is 6.92 Å². The van der Waals surface area contributed by atoms with Crippen molar-refractivity contribution in [3.63, 3.8) is 0 Å². The van der Waals surface area contributed by atoms with Gasteiger partial charge in [0.25, 0.3) is 10.1 Å². The predicted octanol–water partition coefficient (Wildman–Crippen LogP) is 1.99. The summed E-state index contributed by atoms with van der Waals surface area (Å²) in [4.78, 5) is 23.8. The Morgan fingerprint density at radius 3 is 2.45 bits per heavy atom. The highest BCUT2D eigenvalue weighted by atomic mass is 32.2. The molecule has 166 valence electrons. The van der Waals surface area contributed by atoms with Crippen molar-refractivity contribution in [2.45, 2.75) is 57.2 Å². The molecule has 1 heterocycles. The molecule has 29 heavy (non-hydrogen) atoms. The zero-order valence-electron chi connectivity index (χ0n) is 16.2. The van der Waals surface area contributed by atoms with Crippen LogP contribution in [-0.4, -0.2) is 57.3 Å². The van der Waals surface area contributed by atoms with E-state index in [0.717, 1.165) is 0 Å². The van der Waals surface area contributed by atoms with E-state index in [4.69, 9.17) is 13.7 Å². The van der Waals surface area contributed by atoms with Gasteiger partial charge in [-0.1, -0.05) is 6.92 Å². The molecule has 3 fully saturated rings. The third-order valence-electron chi connectivity index (χ3n) is 6.19. The Balaban J connectivity index is 1.56. The molecule has 1 saturated heterocycles. The molecule has 0 aromatic carbocycles. The second-order valence-corrected chi connectivity index (χ2v) is 10.0. The van der Waals surface area contributed by atoms with Gasteiger partial charge < -0.3 is 14.8 Å². The number of alkyl carbamates (subject to hydrolysis) is 1. The van der Waals surface area contributed by atoms with Crippen LogP contribution in [0.25, 0.3) is 0 Å². The molecule has 3 rings (SSSR count). The number of carbonyl (C=O) groups is 2. The summed E-state index contributed by atoms with van der Waals surface area (Å²) in [6.07, 6.45) is -7.62. The summed E-state index contributed by atoms with van der Waals surface area (Å²) in [5.41, 5.74) is -0.669. The van der Waals surface area contributed by atoms with Crippen molar-refractivity contribution in [1.29, 1.82) is 0 Å². The first-order chi connectivity index (χ1) is 13.3. The minimum atomic E-state index is -4.74. The first-order valence-corrected chi connectivity index (χ1v) is 10.9. The average molecular weight is 443 g/mol. The highest BCUT2D eigenvalue weighted by Crippen LogP contribution is 2.62. The third kappa shape index (κ3) is 3.92. The van der Waals surface area contributed by atoms with Gasteiger partial charge in [0.1, 0.15) is 24.1 Å². The van der Waals surface area contributed by atoms with Crippen LogP contribution in [0.5, 0.6) is 0 Å². The number of esters is 1. The van der Waals surface area contributed by atoms with Gasteiger partial charge in [-0.3, -0.25) is 8.98 Å². The van der Waals surface area contributed by atoms with Gasteiger partial charge in [-0.05, 0) is 26.7 Å². The molecule has 1 N–H and O–H groups in total. The van der Waals surface area contributed by atoms with Crippen molar-refractivity contribution in [3.8, 4) is 0 Å². The van der Waals surface area contributed by atoms with E-state index in [0.29, 0.717) is 6.42 Å². The van der Waals surface area contributed by atoms with Crippen molar-refractivity contribution in [3.05, 3.63) is 0 Å². The number of rotatable bonds is 6. The molecule has 2 aliphatic carbocycles. The van der Waals surface area contributed by atoms with Crippen LogP contribution in [-0.2, 0) is 28.6 Å². The van der Waals surface area contributed by atoms with Gasteiger partial charge in [-0.25, -0.2) is 4.79 Å². The molecule has 0 spiro atoms. The van der Waals surface area contributed by atoms with Gasteiger partial charge >= 0.3 is 18.2 Å². The third-order valence-corrected chi connectivity index (χ3v) is 7.99.